The summed E-state index contributed by atoms with van der Waals surface area (Å²) in [7, 11) is 0. The molecule has 1 aliphatic carbocycles. The van der Waals surface area contributed by atoms with Crippen molar-refractivity contribution >= 4 is 5.78 Å². The summed E-state index contributed by atoms with van der Waals surface area (Å²) >= 11 is 0. The van der Waals surface area contributed by atoms with Crippen LogP contribution in [0.25, 0.3) is 0 Å². The average molecular weight is 387 g/mol. The van der Waals surface area contributed by atoms with Crippen molar-refractivity contribution in [2.75, 3.05) is 0 Å². The van der Waals surface area contributed by atoms with Gasteiger partial charge in [-0.2, -0.15) is 5.21 Å². The Hall–Kier alpha value is -2.08. The van der Waals surface area contributed by atoms with Crippen LogP contribution in [-0.4, -0.2) is 37.6 Å². The molecule has 0 saturated heterocycles. The van der Waals surface area contributed by atoms with Gasteiger partial charge in [-0.15, -0.1) is 10.2 Å². The van der Waals surface area contributed by atoms with Crippen LogP contribution in [0.2, 0.25) is 0 Å². The highest BCUT2D eigenvalue weighted by Gasteiger charge is 2.22. The molecular weight excluding hydrogens is 352 g/mol. The molecule has 28 heavy (non-hydrogen) atoms. The number of carbonyl (C=O) groups is 1. The van der Waals surface area contributed by atoms with E-state index in [1.54, 1.807) is 0 Å². The number of hydrogen-bond acceptors (Lipinski definition) is 5. The minimum atomic E-state index is -0.270. The van der Waals surface area contributed by atoms with Gasteiger partial charge in [0.1, 0.15) is 5.78 Å². The number of aromatic amines is 1. The van der Waals surface area contributed by atoms with E-state index in [1.165, 1.54) is 31.2 Å². The molecule has 6 heteroatoms. The number of carbonyl (C=O) groups excluding carboxylic acids is 1. The van der Waals surface area contributed by atoms with Gasteiger partial charge in [0.05, 0.1) is 6.10 Å². The van der Waals surface area contributed by atoms with E-state index in [2.05, 4.69) is 27.5 Å². The molecule has 1 fully saturated rings. The Kier molecular flexibility index (Phi) is 10.4. The van der Waals surface area contributed by atoms with E-state index in [0.29, 0.717) is 11.7 Å². The molecule has 2 atom stereocenters. The van der Waals surface area contributed by atoms with Gasteiger partial charge in [-0.05, 0) is 43.6 Å². The molecule has 3 rings (SSSR count). The monoisotopic (exact) mass is 386 g/mol. The Balaban J connectivity index is 0.000000221. The SMILES string of the molecule is CCCCCCc1nn[nH]n1.O=C1CC[C@H](CCC(O)Cc2ccccc2)C1. The van der Waals surface area contributed by atoms with Crippen molar-refractivity contribution in [1.29, 1.82) is 0 Å². The summed E-state index contributed by atoms with van der Waals surface area (Å²) in [5.74, 6) is 1.75. The third-order valence-corrected chi connectivity index (χ3v) is 5.21. The molecule has 0 amide bonds. The Morgan fingerprint density at radius 1 is 1.21 bits per heavy atom. The lowest BCUT2D eigenvalue weighted by molar-refractivity contribution is -0.117. The number of unbranched alkanes of at least 4 members (excludes halogenated alkanes) is 3. The normalized spacial score (nSPS) is 17.2. The average Bonchev–Trinajstić information content (AvgIpc) is 3.37. The molecule has 0 bridgehead atoms. The Labute approximate surface area is 168 Å². The molecule has 1 aromatic heterocycles. The first-order valence-corrected chi connectivity index (χ1v) is 10.6. The maximum absolute atomic E-state index is 11.1. The van der Waals surface area contributed by atoms with E-state index in [9.17, 15) is 9.90 Å². The molecule has 0 aliphatic heterocycles. The summed E-state index contributed by atoms with van der Waals surface area (Å²) < 4.78 is 0. The molecule has 1 saturated carbocycles. The Morgan fingerprint density at radius 3 is 2.68 bits per heavy atom. The molecule has 1 aliphatic rings. The molecule has 1 aromatic carbocycles. The van der Waals surface area contributed by atoms with Crippen molar-refractivity contribution < 1.29 is 9.90 Å². The zero-order valence-electron chi connectivity index (χ0n) is 17.0. The lowest BCUT2D eigenvalue weighted by Crippen LogP contribution is -2.12. The number of ketones is 1. The molecule has 1 unspecified atom stereocenters. The van der Waals surface area contributed by atoms with Crippen LogP contribution in [0.1, 0.15) is 76.1 Å². The van der Waals surface area contributed by atoms with Gasteiger partial charge in [0.2, 0.25) is 0 Å². The summed E-state index contributed by atoms with van der Waals surface area (Å²) in [4.78, 5) is 11.1. The number of tetrazole rings is 1. The molecule has 0 radical (unpaired) electrons. The van der Waals surface area contributed by atoms with Gasteiger partial charge < -0.3 is 5.11 Å². The number of aliphatic hydroxyl groups excluding tert-OH is 1. The highest BCUT2D eigenvalue weighted by atomic mass is 16.3. The molecule has 154 valence electrons. The third kappa shape index (κ3) is 9.22. The van der Waals surface area contributed by atoms with Crippen LogP contribution in [-0.2, 0) is 17.6 Å². The number of aromatic nitrogens is 4. The van der Waals surface area contributed by atoms with E-state index in [4.69, 9.17) is 0 Å². The number of nitrogens with one attached hydrogen (secondary N) is 1. The zero-order valence-corrected chi connectivity index (χ0v) is 17.0. The van der Waals surface area contributed by atoms with Crippen molar-refractivity contribution in [3.8, 4) is 0 Å². The number of benzene rings is 1. The van der Waals surface area contributed by atoms with Gasteiger partial charge in [-0.25, -0.2) is 0 Å². The van der Waals surface area contributed by atoms with Crippen LogP contribution in [0, 0.1) is 5.92 Å². The van der Waals surface area contributed by atoms with Crippen LogP contribution in [0.4, 0.5) is 0 Å². The minimum Gasteiger partial charge on any atom is -0.393 e. The van der Waals surface area contributed by atoms with Crippen molar-refractivity contribution in [3.63, 3.8) is 0 Å². The first-order chi connectivity index (χ1) is 13.7. The highest BCUT2D eigenvalue weighted by molar-refractivity contribution is 5.80. The molecule has 2 N–H and O–H groups in total. The fraction of sp³-hybridized carbons (Fsp3) is 0.636. The number of H-pyrrole nitrogens is 1. The lowest BCUT2D eigenvalue weighted by atomic mass is 9.97. The standard InChI is InChI=1S/C15H20O2.C7H14N4/c16-14(10-12-4-2-1-3-5-12)8-6-13-7-9-15(17)11-13;1-2-3-4-5-6-7-8-10-11-9-7/h1-5,13-14,16H,6-11H2;2-6H2,1H3,(H,8,9,10,11)/t13-,14?;/m0./s1. The van der Waals surface area contributed by atoms with E-state index < -0.39 is 0 Å². The summed E-state index contributed by atoms with van der Waals surface area (Å²) in [5, 5.41) is 23.6. The predicted octanol–water partition coefficient (Wildman–Crippen LogP) is 4.06. The Morgan fingerprint density at radius 2 is 2.04 bits per heavy atom. The van der Waals surface area contributed by atoms with E-state index in [0.717, 1.165) is 50.8 Å². The second kappa shape index (κ2) is 13.2. The quantitative estimate of drug-likeness (QED) is 0.601. The van der Waals surface area contributed by atoms with Gasteiger partial charge in [0.25, 0.3) is 0 Å². The maximum atomic E-state index is 11.1. The molecule has 2 aromatic rings. The van der Waals surface area contributed by atoms with Crippen LogP contribution < -0.4 is 0 Å². The van der Waals surface area contributed by atoms with Gasteiger partial charge in [-0.1, -0.05) is 61.7 Å². The van der Waals surface area contributed by atoms with Gasteiger partial charge in [0.15, 0.2) is 5.82 Å². The molecule has 6 nitrogen and oxygen atoms in total. The molecular formula is C22H34N4O2. The van der Waals surface area contributed by atoms with Crippen LogP contribution in [0.15, 0.2) is 30.3 Å². The largest absolute Gasteiger partial charge is 0.393 e. The van der Waals surface area contributed by atoms with Crippen LogP contribution in [0.3, 0.4) is 0 Å². The Bertz CT molecular complexity index is 646. The second-order valence-corrected chi connectivity index (χ2v) is 7.71. The van der Waals surface area contributed by atoms with Crippen molar-refractivity contribution in [1.82, 2.24) is 20.6 Å². The van der Waals surface area contributed by atoms with Crippen molar-refractivity contribution in [2.45, 2.75) is 83.7 Å². The van der Waals surface area contributed by atoms with Gasteiger partial charge in [-0.3, -0.25) is 4.79 Å². The molecule has 1 heterocycles. The van der Waals surface area contributed by atoms with Crippen LogP contribution >= 0.6 is 0 Å². The third-order valence-electron chi connectivity index (χ3n) is 5.21. The molecule has 0 spiro atoms. The van der Waals surface area contributed by atoms with E-state index in [1.807, 2.05) is 30.3 Å². The van der Waals surface area contributed by atoms with E-state index in [-0.39, 0.29) is 6.10 Å². The summed E-state index contributed by atoms with van der Waals surface area (Å²) in [6, 6.07) is 10.1. The summed E-state index contributed by atoms with van der Waals surface area (Å²) in [5.41, 5.74) is 1.18. The number of nitrogens with zero attached hydrogens (tertiary/aromatic N) is 3. The fourth-order valence-electron chi connectivity index (χ4n) is 3.55. The summed E-state index contributed by atoms with van der Waals surface area (Å²) in [6.45, 7) is 2.20. The maximum Gasteiger partial charge on any atom is 0.174 e. The highest BCUT2D eigenvalue weighted by Crippen LogP contribution is 2.27. The number of aryl methyl sites for hydroxylation is 1. The van der Waals surface area contributed by atoms with E-state index >= 15 is 0 Å². The van der Waals surface area contributed by atoms with Crippen molar-refractivity contribution in [2.24, 2.45) is 5.92 Å². The first kappa shape index (κ1) is 22.2. The van der Waals surface area contributed by atoms with Crippen molar-refractivity contribution in [3.05, 3.63) is 41.7 Å². The number of hydrogen-bond donors (Lipinski definition) is 2. The number of Topliss-reactive ketones (excluding diaryl/α,β-unsaturated/α-hetero) is 1. The number of aliphatic hydroxyl groups is 1. The fourth-order valence-corrected chi connectivity index (χ4v) is 3.55. The van der Waals surface area contributed by atoms with Gasteiger partial charge in [0, 0.05) is 19.3 Å². The topological polar surface area (TPSA) is 91.8 Å². The van der Waals surface area contributed by atoms with Gasteiger partial charge >= 0.3 is 0 Å². The smallest absolute Gasteiger partial charge is 0.174 e. The van der Waals surface area contributed by atoms with Crippen LogP contribution in [0.5, 0.6) is 0 Å². The number of rotatable bonds is 10. The zero-order chi connectivity index (χ0) is 20.0. The second-order valence-electron chi connectivity index (χ2n) is 7.71. The first-order valence-electron chi connectivity index (χ1n) is 10.6. The summed E-state index contributed by atoms with van der Waals surface area (Å²) in [6.07, 6.45) is 10.7. The predicted molar refractivity (Wildman–Crippen MR) is 110 cm³/mol. The minimum absolute atomic E-state index is 0.270. The lowest BCUT2D eigenvalue weighted by Gasteiger charge is -2.13.